The summed E-state index contributed by atoms with van der Waals surface area (Å²) in [5.74, 6) is 1.23. The molecule has 1 heterocycles. The number of ether oxygens (including phenoxy) is 1. The predicted octanol–water partition coefficient (Wildman–Crippen LogP) is 1.61. The molecule has 0 saturated heterocycles. The van der Waals surface area contributed by atoms with E-state index in [-0.39, 0.29) is 5.91 Å². The Hall–Kier alpha value is -1.55. The van der Waals surface area contributed by atoms with Gasteiger partial charge in [-0.15, -0.1) is 0 Å². The first-order valence-electron chi connectivity index (χ1n) is 6.00. The molecule has 17 heavy (non-hydrogen) atoms. The summed E-state index contributed by atoms with van der Waals surface area (Å²) in [7, 11) is 0. The monoisotopic (exact) mass is 232 g/mol. The van der Waals surface area contributed by atoms with Crippen LogP contribution in [0, 0.1) is 0 Å². The first-order chi connectivity index (χ1) is 8.13. The molecule has 1 fully saturated rings. The van der Waals surface area contributed by atoms with Gasteiger partial charge in [-0.05, 0) is 43.4 Å². The average molecular weight is 232 g/mol. The molecule has 0 spiro atoms. The predicted molar refractivity (Wildman–Crippen MR) is 65.1 cm³/mol. The highest BCUT2D eigenvalue weighted by molar-refractivity contribution is 5.97. The fraction of sp³-hybridized carbons (Fsp3) is 0.462. The van der Waals surface area contributed by atoms with Crippen LogP contribution >= 0.6 is 0 Å². The normalized spacial score (nSPS) is 30.9. The van der Waals surface area contributed by atoms with Gasteiger partial charge in [0.1, 0.15) is 5.75 Å². The standard InChI is InChI=1S/C13H16N2O2/c1-7-13(16)15-11-3-2-8(6-12(11)17-7)9-4-10(14)5-9/h2-3,6-7,9-10H,4-5,14H2,1H3,(H,15,16). The minimum atomic E-state index is -0.415. The van der Waals surface area contributed by atoms with Crippen molar-refractivity contribution in [2.75, 3.05) is 5.32 Å². The van der Waals surface area contributed by atoms with Crippen molar-refractivity contribution >= 4 is 11.6 Å². The first-order valence-corrected chi connectivity index (χ1v) is 6.00. The lowest BCUT2D eigenvalue weighted by Crippen LogP contribution is -2.36. The smallest absolute Gasteiger partial charge is 0.265 e. The number of carbonyl (C=O) groups is 1. The molecule has 4 heteroatoms. The third-order valence-electron chi connectivity index (χ3n) is 3.58. The quantitative estimate of drug-likeness (QED) is 0.773. The van der Waals surface area contributed by atoms with Gasteiger partial charge in [0.2, 0.25) is 0 Å². The third kappa shape index (κ3) is 1.78. The Morgan fingerprint density at radius 2 is 2.18 bits per heavy atom. The molecule has 1 atom stereocenters. The van der Waals surface area contributed by atoms with Crippen LogP contribution in [0.5, 0.6) is 5.75 Å². The van der Waals surface area contributed by atoms with Crippen molar-refractivity contribution in [3.63, 3.8) is 0 Å². The van der Waals surface area contributed by atoms with Gasteiger partial charge in [0, 0.05) is 6.04 Å². The molecule has 2 aliphatic rings. The van der Waals surface area contributed by atoms with E-state index in [0.29, 0.717) is 12.0 Å². The van der Waals surface area contributed by atoms with Crippen LogP contribution < -0.4 is 15.8 Å². The Morgan fingerprint density at radius 1 is 1.41 bits per heavy atom. The van der Waals surface area contributed by atoms with E-state index in [0.717, 1.165) is 24.3 Å². The van der Waals surface area contributed by atoms with E-state index in [4.69, 9.17) is 10.5 Å². The SMILES string of the molecule is CC1Oc2cc(C3CC(N)C3)ccc2NC1=O. The Morgan fingerprint density at radius 3 is 2.88 bits per heavy atom. The zero-order valence-electron chi connectivity index (χ0n) is 9.77. The minimum absolute atomic E-state index is 0.0871. The summed E-state index contributed by atoms with van der Waals surface area (Å²) in [6.07, 6.45) is 1.67. The molecule has 1 aromatic rings. The van der Waals surface area contributed by atoms with Crippen LogP contribution in [0.4, 0.5) is 5.69 Å². The van der Waals surface area contributed by atoms with Gasteiger partial charge >= 0.3 is 0 Å². The van der Waals surface area contributed by atoms with Crippen LogP contribution in [0.1, 0.15) is 31.2 Å². The van der Waals surface area contributed by atoms with Crippen molar-refractivity contribution in [1.29, 1.82) is 0 Å². The molecule has 1 saturated carbocycles. The molecule has 4 nitrogen and oxygen atoms in total. The number of benzene rings is 1. The van der Waals surface area contributed by atoms with E-state index in [9.17, 15) is 4.79 Å². The first kappa shape index (κ1) is 10.6. The Balaban J connectivity index is 1.86. The second-order valence-electron chi connectivity index (χ2n) is 4.93. The molecule has 1 aliphatic heterocycles. The number of amides is 1. The van der Waals surface area contributed by atoms with Crippen LogP contribution in [0.2, 0.25) is 0 Å². The van der Waals surface area contributed by atoms with E-state index in [2.05, 4.69) is 11.4 Å². The van der Waals surface area contributed by atoms with Crippen molar-refractivity contribution in [1.82, 2.24) is 0 Å². The second-order valence-corrected chi connectivity index (χ2v) is 4.93. The zero-order valence-corrected chi connectivity index (χ0v) is 9.77. The fourth-order valence-electron chi connectivity index (χ4n) is 2.41. The molecular weight excluding hydrogens is 216 g/mol. The van der Waals surface area contributed by atoms with Crippen LogP contribution in [0.25, 0.3) is 0 Å². The number of hydrogen-bond acceptors (Lipinski definition) is 3. The Kier molecular flexibility index (Phi) is 2.33. The summed E-state index contributed by atoms with van der Waals surface area (Å²) in [6.45, 7) is 1.75. The Labute approximate surface area is 100 Å². The molecular formula is C13H16N2O2. The van der Waals surface area contributed by atoms with Crippen LogP contribution in [0.3, 0.4) is 0 Å². The third-order valence-corrected chi connectivity index (χ3v) is 3.58. The van der Waals surface area contributed by atoms with Crippen molar-refractivity contribution in [2.24, 2.45) is 5.73 Å². The van der Waals surface area contributed by atoms with Gasteiger partial charge in [-0.25, -0.2) is 0 Å². The lowest BCUT2D eigenvalue weighted by Gasteiger charge is -2.33. The van der Waals surface area contributed by atoms with Crippen molar-refractivity contribution < 1.29 is 9.53 Å². The molecule has 0 radical (unpaired) electrons. The minimum Gasteiger partial charge on any atom is -0.479 e. The van der Waals surface area contributed by atoms with Gasteiger partial charge < -0.3 is 15.8 Å². The van der Waals surface area contributed by atoms with Gasteiger partial charge in [-0.3, -0.25) is 4.79 Å². The molecule has 0 bridgehead atoms. The van der Waals surface area contributed by atoms with Crippen LogP contribution in [-0.2, 0) is 4.79 Å². The number of fused-ring (bicyclic) bond motifs is 1. The van der Waals surface area contributed by atoms with Crippen molar-refractivity contribution in [3.8, 4) is 5.75 Å². The zero-order chi connectivity index (χ0) is 12.0. The molecule has 1 amide bonds. The van der Waals surface area contributed by atoms with Gasteiger partial charge in [-0.1, -0.05) is 6.07 Å². The number of nitrogens with one attached hydrogen (secondary N) is 1. The van der Waals surface area contributed by atoms with E-state index < -0.39 is 6.10 Å². The highest BCUT2D eigenvalue weighted by Gasteiger charge is 2.29. The van der Waals surface area contributed by atoms with E-state index in [1.54, 1.807) is 6.92 Å². The lowest BCUT2D eigenvalue weighted by atomic mass is 9.76. The summed E-state index contributed by atoms with van der Waals surface area (Å²) in [6, 6.07) is 6.34. The topological polar surface area (TPSA) is 64.3 Å². The fourth-order valence-corrected chi connectivity index (χ4v) is 2.41. The Bertz CT molecular complexity index is 466. The summed E-state index contributed by atoms with van der Waals surface area (Å²) >= 11 is 0. The van der Waals surface area contributed by atoms with Crippen LogP contribution in [0.15, 0.2) is 18.2 Å². The van der Waals surface area contributed by atoms with Crippen molar-refractivity contribution in [3.05, 3.63) is 23.8 Å². The van der Waals surface area contributed by atoms with Crippen molar-refractivity contribution in [2.45, 2.75) is 37.8 Å². The van der Waals surface area contributed by atoms with Gasteiger partial charge in [0.05, 0.1) is 5.69 Å². The molecule has 1 aromatic carbocycles. The van der Waals surface area contributed by atoms with Gasteiger partial charge in [-0.2, -0.15) is 0 Å². The second kappa shape index (κ2) is 3.74. The molecule has 3 rings (SSSR count). The average Bonchev–Trinajstić information content (AvgIpc) is 2.26. The molecule has 1 aliphatic carbocycles. The molecule has 3 N–H and O–H groups in total. The summed E-state index contributed by atoms with van der Waals surface area (Å²) < 4.78 is 5.59. The van der Waals surface area contributed by atoms with Gasteiger partial charge in [0.25, 0.3) is 5.91 Å². The summed E-state index contributed by atoms with van der Waals surface area (Å²) in [5, 5.41) is 2.83. The maximum atomic E-state index is 11.4. The molecule has 0 aromatic heterocycles. The summed E-state index contributed by atoms with van der Waals surface area (Å²) in [4.78, 5) is 11.4. The number of hydrogen-bond donors (Lipinski definition) is 2. The highest BCUT2D eigenvalue weighted by Crippen LogP contribution is 2.39. The maximum absolute atomic E-state index is 11.4. The number of rotatable bonds is 1. The molecule has 1 unspecified atom stereocenters. The summed E-state index contributed by atoms with van der Waals surface area (Å²) in [5.41, 5.74) is 7.82. The van der Waals surface area contributed by atoms with E-state index >= 15 is 0 Å². The molecule has 90 valence electrons. The largest absolute Gasteiger partial charge is 0.479 e. The number of anilines is 1. The number of nitrogens with two attached hydrogens (primary N) is 1. The van der Waals surface area contributed by atoms with Gasteiger partial charge in [0.15, 0.2) is 6.10 Å². The lowest BCUT2D eigenvalue weighted by molar-refractivity contribution is -0.122. The maximum Gasteiger partial charge on any atom is 0.265 e. The van der Waals surface area contributed by atoms with E-state index in [1.807, 2.05) is 12.1 Å². The van der Waals surface area contributed by atoms with E-state index in [1.165, 1.54) is 5.56 Å². The number of carbonyl (C=O) groups excluding carboxylic acids is 1. The van der Waals surface area contributed by atoms with Crippen LogP contribution in [-0.4, -0.2) is 18.1 Å². The highest BCUT2D eigenvalue weighted by atomic mass is 16.5.